The number of benzene rings is 1. The molecule has 0 aliphatic carbocycles. The third kappa shape index (κ3) is 5.35. The number of halogens is 3. The zero-order valence-corrected chi connectivity index (χ0v) is 10.5. The Morgan fingerprint density at radius 3 is 2.71 bits per heavy atom. The maximum absolute atomic E-state index is 12.4. The summed E-state index contributed by atoms with van der Waals surface area (Å²) in [4.78, 5) is 0. The quantitative estimate of drug-likeness (QED) is 0.770. The molecule has 0 bridgehead atoms. The molecule has 0 unspecified atom stereocenters. The van der Waals surface area contributed by atoms with Crippen molar-refractivity contribution in [3.8, 4) is 0 Å². The average Bonchev–Trinajstić information content (AvgIpc) is 2.28. The lowest BCUT2D eigenvalue weighted by Crippen LogP contribution is -2.07. The Balaban J connectivity index is 2.44. The molecule has 5 heteroatoms. The van der Waals surface area contributed by atoms with Gasteiger partial charge in [-0.3, -0.25) is 0 Å². The normalized spacial score (nSPS) is 11.5. The van der Waals surface area contributed by atoms with Gasteiger partial charge in [-0.1, -0.05) is 13.0 Å². The fourth-order valence-corrected chi connectivity index (χ4v) is 1.99. The van der Waals surface area contributed by atoms with Gasteiger partial charge in [-0.2, -0.15) is 24.9 Å². The summed E-state index contributed by atoms with van der Waals surface area (Å²) < 4.78 is 37.3. The Morgan fingerprint density at radius 1 is 1.29 bits per heavy atom. The molecule has 96 valence electrons. The SMILES string of the molecule is CCSCCCNc1cccc(C(F)(F)F)c1. The van der Waals surface area contributed by atoms with Gasteiger partial charge in [0.2, 0.25) is 0 Å². The lowest BCUT2D eigenvalue weighted by molar-refractivity contribution is -0.137. The lowest BCUT2D eigenvalue weighted by atomic mass is 10.2. The molecule has 1 rings (SSSR count). The third-order valence-electron chi connectivity index (χ3n) is 2.19. The van der Waals surface area contributed by atoms with Crippen molar-refractivity contribution >= 4 is 17.4 Å². The molecule has 0 radical (unpaired) electrons. The van der Waals surface area contributed by atoms with Crippen LogP contribution in [0.4, 0.5) is 18.9 Å². The van der Waals surface area contributed by atoms with E-state index in [9.17, 15) is 13.2 Å². The number of hydrogen-bond donors (Lipinski definition) is 1. The van der Waals surface area contributed by atoms with E-state index in [0.29, 0.717) is 12.2 Å². The van der Waals surface area contributed by atoms with Gasteiger partial charge in [0.15, 0.2) is 0 Å². The number of alkyl halides is 3. The number of hydrogen-bond acceptors (Lipinski definition) is 2. The molecule has 0 atom stereocenters. The number of thioether (sulfide) groups is 1. The zero-order chi connectivity index (χ0) is 12.7. The van der Waals surface area contributed by atoms with Gasteiger partial charge in [-0.05, 0) is 36.1 Å². The monoisotopic (exact) mass is 263 g/mol. The van der Waals surface area contributed by atoms with Crippen LogP contribution in [0.15, 0.2) is 24.3 Å². The molecule has 1 aromatic carbocycles. The van der Waals surface area contributed by atoms with Crippen molar-refractivity contribution in [1.82, 2.24) is 0 Å². The Kier molecular flexibility index (Phi) is 5.68. The van der Waals surface area contributed by atoms with Crippen LogP contribution < -0.4 is 5.32 Å². The molecule has 0 aliphatic rings. The Morgan fingerprint density at radius 2 is 2.06 bits per heavy atom. The van der Waals surface area contributed by atoms with Crippen LogP contribution in [0.25, 0.3) is 0 Å². The summed E-state index contributed by atoms with van der Waals surface area (Å²) in [5, 5.41) is 3.00. The van der Waals surface area contributed by atoms with Crippen LogP contribution in [0, 0.1) is 0 Å². The second kappa shape index (κ2) is 6.79. The van der Waals surface area contributed by atoms with Crippen molar-refractivity contribution < 1.29 is 13.2 Å². The smallest absolute Gasteiger partial charge is 0.385 e. The fourth-order valence-electron chi connectivity index (χ4n) is 1.36. The van der Waals surface area contributed by atoms with Gasteiger partial charge < -0.3 is 5.32 Å². The number of anilines is 1. The van der Waals surface area contributed by atoms with Crippen LogP contribution in [0.2, 0.25) is 0 Å². The highest BCUT2D eigenvalue weighted by atomic mass is 32.2. The summed E-state index contributed by atoms with van der Waals surface area (Å²) in [6.45, 7) is 2.79. The van der Waals surface area contributed by atoms with Gasteiger partial charge in [0.05, 0.1) is 5.56 Å². The molecular weight excluding hydrogens is 247 g/mol. The van der Waals surface area contributed by atoms with Crippen LogP contribution >= 0.6 is 11.8 Å². The summed E-state index contributed by atoms with van der Waals surface area (Å²) in [7, 11) is 0. The van der Waals surface area contributed by atoms with Gasteiger partial charge in [0.1, 0.15) is 0 Å². The van der Waals surface area contributed by atoms with E-state index in [0.717, 1.165) is 30.1 Å². The first-order valence-electron chi connectivity index (χ1n) is 5.53. The fraction of sp³-hybridized carbons (Fsp3) is 0.500. The highest BCUT2D eigenvalue weighted by Crippen LogP contribution is 2.30. The van der Waals surface area contributed by atoms with Crippen LogP contribution in [0.5, 0.6) is 0 Å². The van der Waals surface area contributed by atoms with E-state index in [4.69, 9.17) is 0 Å². The highest BCUT2D eigenvalue weighted by molar-refractivity contribution is 7.99. The summed E-state index contributed by atoms with van der Waals surface area (Å²) in [5.41, 5.74) is -0.0771. The van der Waals surface area contributed by atoms with Crippen molar-refractivity contribution in [3.63, 3.8) is 0 Å². The maximum atomic E-state index is 12.4. The van der Waals surface area contributed by atoms with Crippen molar-refractivity contribution in [1.29, 1.82) is 0 Å². The van der Waals surface area contributed by atoms with E-state index < -0.39 is 11.7 Å². The van der Waals surface area contributed by atoms with Crippen molar-refractivity contribution in [3.05, 3.63) is 29.8 Å². The Bertz CT molecular complexity index is 339. The second-order valence-corrected chi connectivity index (χ2v) is 4.95. The topological polar surface area (TPSA) is 12.0 Å². The van der Waals surface area contributed by atoms with Gasteiger partial charge in [-0.15, -0.1) is 0 Å². The first-order chi connectivity index (χ1) is 8.04. The predicted octanol–water partition coefficient (Wildman–Crippen LogP) is 4.26. The highest BCUT2D eigenvalue weighted by Gasteiger charge is 2.30. The number of rotatable bonds is 6. The minimum atomic E-state index is -4.27. The summed E-state index contributed by atoms with van der Waals surface area (Å²) in [5.74, 6) is 2.10. The van der Waals surface area contributed by atoms with Crippen LogP contribution in [0.3, 0.4) is 0 Å². The molecule has 1 nitrogen and oxygen atoms in total. The van der Waals surface area contributed by atoms with Gasteiger partial charge in [0, 0.05) is 12.2 Å². The van der Waals surface area contributed by atoms with E-state index in [1.165, 1.54) is 6.07 Å². The maximum Gasteiger partial charge on any atom is 0.416 e. The van der Waals surface area contributed by atoms with E-state index in [1.54, 1.807) is 6.07 Å². The van der Waals surface area contributed by atoms with Gasteiger partial charge in [-0.25, -0.2) is 0 Å². The first-order valence-corrected chi connectivity index (χ1v) is 6.68. The van der Waals surface area contributed by atoms with E-state index in [-0.39, 0.29) is 0 Å². The molecule has 0 aliphatic heterocycles. The molecule has 0 heterocycles. The van der Waals surface area contributed by atoms with Gasteiger partial charge in [0.25, 0.3) is 0 Å². The molecular formula is C12H16F3NS. The average molecular weight is 263 g/mol. The van der Waals surface area contributed by atoms with Crippen molar-refractivity contribution in [2.45, 2.75) is 19.5 Å². The molecule has 17 heavy (non-hydrogen) atoms. The summed E-state index contributed by atoms with van der Waals surface area (Å²) >= 11 is 1.83. The molecule has 0 saturated carbocycles. The number of nitrogens with one attached hydrogen (secondary N) is 1. The minimum Gasteiger partial charge on any atom is -0.385 e. The molecule has 0 aromatic heterocycles. The van der Waals surface area contributed by atoms with Crippen molar-refractivity contribution in [2.24, 2.45) is 0 Å². The van der Waals surface area contributed by atoms with Crippen molar-refractivity contribution in [2.75, 3.05) is 23.4 Å². The molecule has 0 fully saturated rings. The molecule has 1 N–H and O–H groups in total. The van der Waals surface area contributed by atoms with E-state index >= 15 is 0 Å². The Hall–Kier alpha value is -0.840. The summed E-state index contributed by atoms with van der Waals surface area (Å²) in [6, 6.07) is 5.30. The van der Waals surface area contributed by atoms with Crippen LogP contribution in [-0.2, 0) is 6.18 Å². The first kappa shape index (κ1) is 14.2. The molecule has 0 amide bonds. The van der Waals surface area contributed by atoms with Gasteiger partial charge >= 0.3 is 6.18 Å². The lowest BCUT2D eigenvalue weighted by Gasteiger charge is -2.10. The zero-order valence-electron chi connectivity index (χ0n) is 9.68. The predicted molar refractivity (Wildman–Crippen MR) is 67.5 cm³/mol. The Labute approximate surface area is 104 Å². The van der Waals surface area contributed by atoms with Crippen LogP contribution in [-0.4, -0.2) is 18.1 Å². The minimum absolute atomic E-state index is 0.529. The third-order valence-corrected chi connectivity index (χ3v) is 3.17. The molecule has 1 aromatic rings. The standard InChI is InChI=1S/C12H16F3NS/c1-2-17-8-4-7-16-11-6-3-5-10(9-11)12(13,14)15/h3,5-6,9,16H,2,4,7-8H2,1H3. The second-order valence-electron chi connectivity index (χ2n) is 3.56. The van der Waals surface area contributed by atoms with E-state index in [1.807, 2.05) is 11.8 Å². The van der Waals surface area contributed by atoms with Crippen LogP contribution in [0.1, 0.15) is 18.9 Å². The summed E-state index contributed by atoms with van der Waals surface area (Å²) in [6.07, 6.45) is -3.31. The van der Waals surface area contributed by atoms with E-state index in [2.05, 4.69) is 12.2 Å². The largest absolute Gasteiger partial charge is 0.416 e. The molecule has 0 saturated heterocycles. The molecule has 0 spiro atoms.